The molecule has 11 heavy (non-hydrogen) atoms. The van der Waals surface area contributed by atoms with Crippen LogP contribution >= 0.6 is 23.2 Å². The minimum atomic E-state index is -1.15. The van der Waals surface area contributed by atoms with Crippen molar-refractivity contribution < 1.29 is 14.6 Å². The normalized spacial score (nSPS) is 12.0. The van der Waals surface area contributed by atoms with Crippen LogP contribution in [0.5, 0.6) is 0 Å². The maximum absolute atomic E-state index is 8.31. The molecule has 0 aliphatic carbocycles. The highest BCUT2D eigenvalue weighted by Crippen LogP contribution is 2.20. The van der Waals surface area contributed by atoms with E-state index in [9.17, 15) is 0 Å². The first-order valence-electron chi connectivity index (χ1n) is 3.26. The molecule has 0 rings (SSSR count). The fourth-order valence-electron chi connectivity index (χ4n) is 0.446. The van der Waals surface area contributed by atoms with Gasteiger partial charge in [-0.1, -0.05) is 23.2 Å². The van der Waals surface area contributed by atoms with Gasteiger partial charge in [-0.25, -0.2) is 0 Å². The first kappa shape index (κ1) is 11.5. The number of ether oxygens (including phenoxy) is 2. The van der Waals surface area contributed by atoms with Gasteiger partial charge in [0.15, 0.2) is 0 Å². The zero-order valence-corrected chi connectivity index (χ0v) is 7.86. The Morgan fingerprint density at radius 3 is 2.36 bits per heavy atom. The zero-order chi connectivity index (χ0) is 8.74. The van der Waals surface area contributed by atoms with Crippen molar-refractivity contribution in [3.8, 4) is 0 Å². The van der Waals surface area contributed by atoms with E-state index in [1.54, 1.807) is 0 Å². The lowest BCUT2D eigenvalue weighted by atomic mass is 10.7. The number of alkyl halides is 2. The van der Waals surface area contributed by atoms with Crippen LogP contribution in [0.2, 0.25) is 0 Å². The topological polar surface area (TPSA) is 38.7 Å². The molecule has 0 atom stereocenters. The van der Waals surface area contributed by atoms with Gasteiger partial charge in [-0.15, -0.1) is 0 Å². The molecule has 0 heterocycles. The van der Waals surface area contributed by atoms with Gasteiger partial charge in [0.2, 0.25) is 4.52 Å². The van der Waals surface area contributed by atoms with Gasteiger partial charge in [0.25, 0.3) is 0 Å². The maximum atomic E-state index is 8.31. The number of aliphatic hydroxyl groups is 1. The lowest BCUT2D eigenvalue weighted by Crippen LogP contribution is -2.16. The maximum Gasteiger partial charge on any atom is 0.214 e. The van der Waals surface area contributed by atoms with Crippen molar-refractivity contribution in [2.75, 3.05) is 26.4 Å². The van der Waals surface area contributed by atoms with Crippen LogP contribution < -0.4 is 0 Å². The van der Waals surface area contributed by atoms with E-state index in [1.807, 2.05) is 0 Å². The van der Waals surface area contributed by atoms with E-state index < -0.39 is 4.52 Å². The van der Waals surface area contributed by atoms with E-state index in [4.69, 9.17) is 37.8 Å². The molecule has 0 saturated heterocycles. The average Bonchev–Trinajstić information content (AvgIpc) is 1.85. The Morgan fingerprint density at radius 2 is 1.91 bits per heavy atom. The van der Waals surface area contributed by atoms with E-state index in [-0.39, 0.29) is 6.61 Å². The molecule has 0 unspecified atom stereocenters. The number of rotatable bonds is 6. The fourth-order valence-corrected chi connectivity index (χ4v) is 0.601. The summed E-state index contributed by atoms with van der Waals surface area (Å²) in [5.41, 5.74) is 0. The number of hydrogen-bond donors (Lipinski definition) is 1. The molecule has 68 valence electrons. The number of halogens is 2. The van der Waals surface area contributed by atoms with Crippen LogP contribution in [0, 0.1) is 0 Å². The molecular weight excluding hydrogens is 191 g/mol. The molecule has 0 amide bonds. The summed E-state index contributed by atoms with van der Waals surface area (Å²) in [5, 5.41) is 8.31. The van der Waals surface area contributed by atoms with Gasteiger partial charge >= 0.3 is 0 Å². The van der Waals surface area contributed by atoms with Crippen molar-refractivity contribution in [1.29, 1.82) is 0 Å². The molecule has 0 spiro atoms. The van der Waals surface area contributed by atoms with Gasteiger partial charge in [0, 0.05) is 0 Å². The van der Waals surface area contributed by atoms with Crippen molar-refractivity contribution >= 4 is 23.2 Å². The quantitative estimate of drug-likeness (QED) is 0.520. The lowest BCUT2D eigenvalue weighted by molar-refractivity contribution is 0.0153. The van der Waals surface area contributed by atoms with Crippen LogP contribution in [0.25, 0.3) is 0 Å². The Labute approximate surface area is 76.2 Å². The third kappa shape index (κ3) is 10.5. The molecule has 0 fully saturated rings. The van der Waals surface area contributed by atoms with E-state index in [2.05, 4.69) is 0 Å². The van der Waals surface area contributed by atoms with E-state index >= 15 is 0 Å². The number of aliphatic hydroxyl groups excluding tert-OH is 1. The van der Waals surface area contributed by atoms with Gasteiger partial charge in [-0.2, -0.15) is 0 Å². The van der Waals surface area contributed by atoms with Gasteiger partial charge < -0.3 is 14.6 Å². The molecule has 0 aliphatic rings. The smallest absolute Gasteiger partial charge is 0.214 e. The van der Waals surface area contributed by atoms with Crippen LogP contribution in [0.4, 0.5) is 0 Å². The second kappa shape index (κ2) is 6.03. The van der Waals surface area contributed by atoms with Crippen LogP contribution in [-0.4, -0.2) is 36.1 Å². The van der Waals surface area contributed by atoms with Crippen LogP contribution in [0.15, 0.2) is 0 Å². The second-order valence-corrected chi connectivity index (χ2v) is 3.63. The van der Waals surface area contributed by atoms with Crippen LogP contribution in [0.1, 0.15) is 6.92 Å². The molecule has 1 N–H and O–H groups in total. The largest absolute Gasteiger partial charge is 0.394 e. The Kier molecular flexibility index (Phi) is 6.28. The molecule has 0 saturated carbocycles. The summed E-state index contributed by atoms with van der Waals surface area (Å²) >= 11 is 11.0. The molecule has 0 aromatic rings. The van der Waals surface area contributed by atoms with Gasteiger partial charge in [0.05, 0.1) is 26.4 Å². The third-order valence-electron chi connectivity index (χ3n) is 0.819. The third-order valence-corrected chi connectivity index (χ3v) is 1.04. The highest BCUT2D eigenvalue weighted by atomic mass is 35.5. The predicted molar refractivity (Wildman–Crippen MR) is 44.0 cm³/mol. The van der Waals surface area contributed by atoms with Gasteiger partial charge in [-0.3, -0.25) is 0 Å². The Bertz CT molecular complexity index is 92.3. The predicted octanol–water partition coefficient (Wildman–Crippen LogP) is 1.16. The SMILES string of the molecule is CC(Cl)(Cl)OCCOCCO. The lowest BCUT2D eigenvalue weighted by Gasteiger charge is -2.13. The summed E-state index contributed by atoms with van der Waals surface area (Å²) in [6.45, 7) is 2.56. The van der Waals surface area contributed by atoms with Crippen LogP contribution in [0.3, 0.4) is 0 Å². The van der Waals surface area contributed by atoms with E-state index in [1.165, 1.54) is 6.92 Å². The van der Waals surface area contributed by atoms with Gasteiger partial charge in [0.1, 0.15) is 0 Å². The van der Waals surface area contributed by atoms with Crippen molar-refractivity contribution in [2.24, 2.45) is 0 Å². The Balaban J connectivity index is 3.02. The summed E-state index contributed by atoms with van der Waals surface area (Å²) in [4.78, 5) is 0. The molecule has 0 aromatic heterocycles. The molecule has 5 heteroatoms. The fraction of sp³-hybridized carbons (Fsp3) is 1.00. The standard InChI is InChI=1S/C6H12Cl2O3/c1-6(7,8)11-5-4-10-3-2-9/h9H,2-5H2,1H3. The molecule has 0 bridgehead atoms. The Hall–Kier alpha value is 0.460. The monoisotopic (exact) mass is 202 g/mol. The van der Waals surface area contributed by atoms with Crippen molar-refractivity contribution in [3.63, 3.8) is 0 Å². The van der Waals surface area contributed by atoms with Crippen molar-refractivity contribution in [2.45, 2.75) is 11.4 Å². The highest BCUT2D eigenvalue weighted by Gasteiger charge is 2.15. The van der Waals surface area contributed by atoms with E-state index in [0.29, 0.717) is 19.8 Å². The number of hydrogen-bond acceptors (Lipinski definition) is 3. The molecule has 0 radical (unpaired) electrons. The molecule has 0 aromatic carbocycles. The van der Waals surface area contributed by atoms with Crippen molar-refractivity contribution in [1.82, 2.24) is 0 Å². The zero-order valence-electron chi connectivity index (χ0n) is 6.35. The molecule has 3 nitrogen and oxygen atoms in total. The minimum Gasteiger partial charge on any atom is -0.394 e. The Morgan fingerprint density at radius 1 is 1.27 bits per heavy atom. The first-order valence-corrected chi connectivity index (χ1v) is 4.02. The molecule has 0 aliphatic heterocycles. The summed E-state index contributed by atoms with van der Waals surface area (Å²) in [6.07, 6.45) is 0. The summed E-state index contributed by atoms with van der Waals surface area (Å²) in [6, 6.07) is 0. The van der Waals surface area contributed by atoms with Crippen molar-refractivity contribution in [3.05, 3.63) is 0 Å². The molecular formula is C6H12Cl2O3. The summed E-state index contributed by atoms with van der Waals surface area (Å²) < 4.78 is 8.64. The highest BCUT2D eigenvalue weighted by molar-refractivity contribution is 6.46. The summed E-state index contributed by atoms with van der Waals surface area (Å²) in [7, 11) is 0. The average molecular weight is 203 g/mol. The van der Waals surface area contributed by atoms with Crippen LogP contribution in [-0.2, 0) is 9.47 Å². The minimum absolute atomic E-state index is 0.0129. The van der Waals surface area contributed by atoms with E-state index in [0.717, 1.165) is 0 Å². The second-order valence-electron chi connectivity index (χ2n) is 1.99. The summed E-state index contributed by atoms with van der Waals surface area (Å²) in [5.74, 6) is 0. The first-order chi connectivity index (χ1) is 5.06. The van der Waals surface area contributed by atoms with Gasteiger partial charge in [-0.05, 0) is 6.92 Å².